The molecule has 1 aliphatic heterocycles. The van der Waals surface area contributed by atoms with Gasteiger partial charge < -0.3 is 10.4 Å². The van der Waals surface area contributed by atoms with Crippen LogP contribution in [0.2, 0.25) is 0 Å². The van der Waals surface area contributed by atoms with Crippen molar-refractivity contribution in [1.29, 1.82) is 0 Å². The Bertz CT molecular complexity index is 545. The van der Waals surface area contributed by atoms with Crippen molar-refractivity contribution in [2.75, 3.05) is 12.4 Å². The molecule has 19 heavy (non-hydrogen) atoms. The van der Waals surface area contributed by atoms with Gasteiger partial charge in [0.15, 0.2) is 5.69 Å². The topological polar surface area (TPSA) is 112 Å². The molecule has 8 nitrogen and oxygen atoms in total. The van der Waals surface area contributed by atoms with E-state index in [0.717, 1.165) is 11.1 Å². The van der Waals surface area contributed by atoms with Crippen molar-refractivity contribution in [3.8, 4) is 0 Å². The van der Waals surface area contributed by atoms with E-state index in [-0.39, 0.29) is 29.7 Å². The molecule has 0 bridgehead atoms. The summed E-state index contributed by atoms with van der Waals surface area (Å²) in [5.74, 6) is -1.59. The molecule has 1 unspecified atom stereocenters. The number of carbonyl (C=O) groups excluding carboxylic acids is 2. The Balaban J connectivity index is 2.13. The van der Waals surface area contributed by atoms with Gasteiger partial charge >= 0.3 is 5.97 Å². The van der Waals surface area contributed by atoms with E-state index in [1.54, 1.807) is 0 Å². The molecule has 2 heterocycles. The quantitative estimate of drug-likeness (QED) is 0.723. The largest absolute Gasteiger partial charge is 0.476 e. The molecule has 0 saturated carbocycles. The monoisotopic (exact) mass is 264 g/mol. The fraction of sp³-hybridized carbons (Fsp3) is 0.364. The summed E-state index contributed by atoms with van der Waals surface area (Å²) in [4.78, 5) is 42.5. The molecule has 1 fully saturated rings. The maximum Gasteiger partial charge on any atom is 0.356 e. The minimum atomic E-state index is -1.20. The van der Waals surface area contributed by atoms with Crippen molar-refractivity contribution < 1.29 is 19.5 Å². The van der Waals surface area contributed by atoms with E-state index >= 15 is 0 Å². The van der Waals surface area contributed by atoms with E-state index in [2.05, 4.69) is 15.3 Å². The molecule has 0 aliphatic carbocycles. The molecule has 1 aromatic heterocycles. The normalized spacial score (nSPS) is 19.4. The zero-order valence-corrected chi connectivity index (χ0v) is 10.2. The summed E-state index contributed by atoms with van der Waals surface area (Å²) in [6, 6.07) is -0.596. The second kappa shape index (κ2) is 5.01. The molecular weight excluding hydrogens is 252 g/mol. The molecule has 1 saturated heterocycles. The van der Waals surface area contributed by atoms with Gasteiger partial charge in [-0.15, -0.1) is 0 Å². The highest BCUT2D eigenvalue weighted by molar-refractivity contribution is 6.01. The predicted octanol–water partition coefficient (Wildman–Crippen LogP) is -0.266. The van der Waals surface area contributed by atoms with Gasteiger partial charge in [-0.25, -0.2) is 9.78 Å². The summed E-state index contributed by atoms with van der Waals surface area (Å²) in [5.41, 5.74) is -0.210. The first-order chi connectivity index (χ1) is 8.99. The fourth-order valence-corrected chi connectivity index (χ4v) is 1.77. The summed E-state index contributed by atoms with van der Waals surface area (Å²) in [6.07, 6.45) is 3.05. The fourth-order valence-electron chi connectivity index (χ4n) is 1.77. The van der Waals surface area contributed by atoms with Crippen LogP contribution >= 0.6 is 0 Å². The van der Waals surface area contributed by atoms with Gasteiger partial charge in [0.05, 0.1) is 12.4 Å². The second-order valence-corrected chi connectivity index (χ2v) is 4.12. The van der Waals surface area contributed by atoms with E-state index in [9.17, 15) is 14.4 Å². The van der Waals surface area contributed by atoms with Gasteiger partial charge in [0.25, 0.3) is 5.91 Å². The van der Waals surface area contributed by atoms with Crippen LogP contribution < -0.4 is 5.32 Å². The number of carbonyl (C=O) groups is 3. The molecule has 2 rings (SSSR count). The van der Waals surface area contributed by atoms with Crippen molar-refractivity contribution in [2.24, 2.45) is 0 Å². The number of carboxylic acid groups (broad SMARTS) is 1. The minimum absolute atomic E-state index is 0.195. The molecule has 1 atom stereocenters. The van der Waals surface area contributed by atoms with Crippen LogP contribution in [0.15, 0.2) is 12.4 Å². The van der Waals surface area contributed by atoms with E-state index in [1.165, 1.54) is 13.2 Å². The zero-order valence-electron chi connectivity index (χ0n) is 10.2. The molecule has 0 spiro atoms. The first-order valence-corrected chi connectivity index (χ1v) is 5.61. The van der Waals surface area contributed by atoms with Gasteiger partial charge in [-0.05, 0) is 6.42 Å². The Kier molecular flexibility index (Phi) is 3.41. The third-order valence-corrected chi connectivity index (χ3v) is 2.83. The van der Waals surface area contributed by atoms with Crippen molar-refractivity contribution in [1.82, 2.24) is 14.9 Å². The highest BCUT2D eigenvalue weighted by Crippen LogP contribution is 2.15. The number of imide groups is 1. The Hall–Kier alpha value is -2.51. The maximum absolute atomic E-state index is 11.8. The predicted molar refractivity (Wildman–Crippen MR) is 63.4 cm³/mol. The molecule has 1 aromatic rings. The van der Waals surface area contributed by atoms with Crippen LogP contribution in [0.25, 0.3) is 0 Å². The molecule has 2 N–H and O–H groups in total. The van der Waals surface area contributed by atoms with Gasteiger partial charge in [-0.1, -0.05) is 0 Å². The maximum atomic E-state index is 11.8. The van der Waals surface area contributed by atoms with Crippen LogP contribution in [0.3, 0.4) is 0 Å². The smallest absolute Gasteiger partial charge is 0.356 e. The Morgan fingerprint density at radius 2 is 2.21 bits per heavy atom. The lowest BCUT2D eigenvalue weighted by Gasteiger charge is -2.28. The zero-order chi connectivity index (χ0) is 14.0. The number of nitrogens with zero attached hydrogens (tertiary/aromatic N) is 3. The van der Waals surface area contributed by atoms with Crippen LogP contribution in [-0.4, -0.2) is 50.8 Å². The first-order valence-electron chi connectivity index (χ1n) is 5.61. The van der Waals surface area contributed by atoms with Crippen LogP contribution in [0, 0.1) is 0 Å². The lowest BCUT2D eigenvalue weighted by atomic mass is 10.0. The third kappa shape index (κ3) is 2.67. The molecule has 2 amide bonds. The summed E-state index contributed by atoms with van der Waals surface area (Å²) < 4.78 is 0. The SMILES string of the molecule is CN1C(=O)CCC(Nc2cncc(C(=O)O)n2)C1=O. The van der Waals surface area contributed by atoms with Gasteiger partial charge in [-0.2, -0.15) is 0 Å². The lowest BCUT2D eigenvalue weighted by molar-refractivity contribution is -0.146. The summed E-state index contributed by atoms with van der Waals surface area (Å²) in [7, 11) is 1.41. The summed E-state index contributed by atoms with van der Waals surface area (Å²) >= 11 is 0. The number of aromatic carboxylic acids is 1. The van der Waals surface area contributed by atoms with Crippen molar-refractivity contribution >= 4 is 23.6 Å². The average molecular weight is 264 g/mol. The molecule has 1 aliphatic rings. The molecular formula is C11H12N4O4. The first kappa shape index (κ1) is 12.9. The number of piperidine rings is 1. The van der Waals surface area contributed by atoms with E-state index < -0.39 is 12.0 Å². The van der Waals surface area contributed by atoms with E-state index in [1.807, 2.05) is 0 Å². The third-order valence-electron chi connectivity index (χ3n) is 2.83. The van der Waals surface area contributed by atoms with Gasteiger partial charge in [-0.3, -0.25) is 19.5 Å². The van der Waals surface area contributed by atoms with E-state index in [0.29, 0.717) is 6.42 Å². The highest BCUT2D eigenvalue weighted by atomic mass is 16.4. The number of aromatic nitrogens is 2. The number of likely N-dealkylation sites (N-methyl/N-ethyl adjacent to an activating group) is 1. The van der Waals surface area contributed by atoms with Crippen molar-refractivity contribution in [2.45, 2.75) is 18.9 Å². The minimum Gasteiger partial charge on any atom is -0.476 e. The number of nitrogens with one attached hydrogen (secondary N) is 1. The average Bonchev–Trinajstić information content (AvgIpc) is 2.40. The van der Waals surface area contributed by atoms with Crippen molar-refractivity contribution in [3.05, 3.63) is 18.1 Å². The lowest BCUT2D eigenvalue weighted by Crippen LogP contribution is -2.48. The number of hydrogen-bond donors (Lipinski definition) is 2. The van der Waals surface area contributed by atoms with Gasteiger partial charge in [0.2, 0.25) is 5.91 Å². The molecule has 8 heteroatoms. The Labute approximate surface area is 108 Å². The number of carboxylic acids is 1. The number of hydrogen-bond acceptors (Lipinski definition) is 6. The standard InChI is InChI=1S/C11H12N4O4/c1-15-9(16)3-2-6(10(15)17)13-8-5-12-4-7(14-8)11(18)19/h4-6H,2-3H2,1H3,(H,13,14)(H,18,19). The van der Waals surface area contributed by atoms with E-state index in [4.69, 9.17) is 5.11 Å². The van der Waals surface area contributed by atoms with Crippen LogP contribution in [0.5, 0.6) is 0 Å². The Morgan fingerprint density at radius 1 is 1.47 bits per heavy atom. The van der Waals surface area contributed by atoms with Crippen LogP contribution in [0.1, 0.15) is 23.3 Å². The summed E-state index contributed by atoms with van der Waals surface area (Å²) in [6.45, 7) is 0. The van der Waals surface area contributed by atoms with Crippen LogP contribution in [-0.2, 0) is 9.59 Å². The van der Waals surface area contributed by atoms with Crippen LogP contribution in [0.4, 0.5) is 5.82 Å². The molecule has 100 valence electrons. The van der Waals surface area contributed by atoms with Gasteiger partial charge in [0.1, 0.15) is 11.9 Å². The highest BCUT2D eigenvalue weighted by Gasteiger charge is 2.31. The molecule has 0 radical (unpaired) electrons. The number of amides is 2. The van der Waals surface area contributed by atoms with Crippen molar-refractivity contribution in [3.63, 3.8) is 0 Å². The summed E-state index contributed by atoms with van der Waals surface area (Å²) in [5, 5.41) is 11.6. The molecule has 0 aromatic carbocycles. The van der Waals surface area contributed by atoms with Gasteiger partial charge in [0, 0.05) is 13.5 Å². The Morgan fingerprint density at radius 3 is 2.89 bits per heavy atom. The second-order valence-electron chi connectivity index (χ2n) is 4.12. The number of likely N-dealkylation sites (tertiary alicyclic amines) is 1. The number of anilines is 1. The number of rotatable bonds is 3.